The molecule has 0 amide bonds. The summed E-state index contributed by atoms with van der Waals surface area (Å²) < 4.78 is 1.84. The maximum absolute atomic E-state index is 4.25. The van der Waals surface area contributed by atoms with Gasteiger partial charge in [0.25, 0.3) is 0 Å². The number of hydrogen-bond acceptors (Lipinski definition) is 4. The standard InChI is InChI=1S/C19H27N5/c1-3-22-9-8-17-5-6-18(12-22)23(17)11-16-4-7-19(15(2)10-16)24-14-20-13-21-24/h4,7,10,13-14,17-18H,3,5-6,8-9,11-12H2,1-2H3/t17-,18+/m1/s1. The Morgan fingerprint density at radius 2 is 2.04 bits per heavy atom. The third-order valence-corrected chi connectivity index (χ3v) is 5.76. The zero-order valence-corrected chi connectivity index (χ0v) is 14.7. The molecule has 2 fully saturated rings. The predicted octanol–water partition coefficient (Wildman–Crippen LogP) is 2.63. The Bertz CT molecular complexity index is 681. The second-order valence-electron chi connectivity index (χ2n) is 7.20. The summed E-state index contributed by atoms with van der Waals surface area (Å²) in [5, 5.41) is 4.25. The Labute approximate surface area is 144 Å². The second kappa shape index (κ2) is 6.65. The minimum absolute atomic E-state index is 0.729. The smallest absolute Gasteiger partial charge is 0.138 e. The van der Waals surface area contributed by atoms with Crippen LogP contribution in [0.4, 0.5) is 0 Å². The van der Waals surface area contributed by atoms with Crippen LogP contribution in [0.2, 0.25) is 0 Å². The van der Waals surface area contributed by atoms with E-state index in [0.717, 1.165) is 24.3 Å². The zero-order valence-electron chi connectivity index (χ0n) is 14.7. The molecule has 2 saturated heterocycles. The Kier molecular flexibility index (Phi) is 4.37. The lowest BCUT2D eigenvalue weighted by atomic mass is 10.1. The van der Waals surface area contributed by atoms with Crippen LogP contribution in [0.5, 0.6) is 0 Å². The van der Waals surface area contributed by atoms with E-state index < -0.39 is 0 Å². The third kappa shape index (κ3) is 2.98. The molecule has 0 spiro atoms. The van der Waals surface area contributed by atoms with Gasteiger partial charge in [-0.1, -0.05) is 19.1 Å². The SMILES string of the molecule is CCN1CC[C@H]2CC[C@@H](C1)N2Cc1ccc(-n2cncn2)c(C)c1. The van der Waals surface area contributed by atoms with E-state index in [-0.39, 0.29) is 0 Å². The first-order valence-electron chi connectivity index (χ1n) is 9.17. The third-order valence-electron chi connectivity index (χ3n) is 5.76. The topological polar surface area (TPSA) is 37.2 Å². The molecular weight excluding hydrogens is 298 g/mol. The summed E-state index contributed by atoms with van der Waals surface area (Å²) in [4.78, 5) is 9.43. The zero-order chi connectivity index (χ0) is 16.5. The number of hydrogen-bond donors (Lipinski definition) is 0. The number of aryl methyl sites for hydroxylation is 1. The van der Waals surface area contributed by atoms with Gasteiger partial charge in [0, 0.05) is 25.2 Å². The number of rotatable bonds is 4. The molecule has 5 heteroatoms. The van der Waals surface area contributed by atoms with Crippen molar-refractivity contribution in [3.05, 3.63) is 42.0 Å². The molecule has 4 rings (SSSR count). The molecule has 0 unspecified atom stereocenters. The lowest BCUT2D eigenvalue weighted by Gasteiger charge is -2.28. The van der Waals surface area contributed by atoms with Crippen molar-refractivity contribution >= 4 is 0 Å². The summed E-state index contributed by atoms with van der Waals surface area (Å²) in [5.41, 5.74) is 3.79. The molecule has 0 aliphatic carbocycles. The summed E-state index contributed by atoms with van der Waals surface area (Å²) in [6.07, 6.45) is 7.40. The van der Waals surface area contributed by atoms with Gasteiger partial charge in [0.05, 0.1) is 5.69 Å². The van der Waals surface area contributed by atoms with Gasteiger partial charge in [-0.05, 0) is 56.5 Å². The van der Waals surface area contributed by atoms with E-state index in [1.807, 2.05) is 4.68 Å². The molecule has 1 aromatic carbocycles. The van der Waals surface area contributed by atoms with Crippen molar-refractivity contribution in [3.63, 3.8) is 0 Å². The first kappa shape index (κ1) is 15.8. The fourth-order valence-electron chi connectivity index (χ4n) is 4.40. The lowest BCUT2D eigenvalue weighted by molar-refractivity contribution is 0.179. The van der Waals surface area contributed by atoms with Gasteiger partial charge in [0.15, 0.2) is 0 Å². The molecule has 128 valence electrons. The Morgan fingerprint density at radius 1 is 1.17 bits per heavy atom. The minimum Gasteiger partial charge on any atom is -0.302 e. The van der Waals surface area contributed by atoms with Crippen molar-refractivity contribution in [2.24, 2.45) is 0 Å². The summed E-state index contributed by atoms with van der Waals surface area (Å²) in [6, 6.07) is 8.25. The average molecular weight is 325 g/mol. The molecule has 0 N–H and O–H groups in total. The summed E-state index contributed by atoms with van der Waals surface area (Å²) >= 11 is 0. The largest absolute Gasteiger partial charge is 0.302 e. The van der Waals surface area contributed by atoms with E-state index in [1.165, 1.54) is 50.0 Å². The number of aromatic nitrogens is 3. The van der Waals surface area contributed by atoms with Crippen LogP contribution in [-0.4, -0.2) is 56.3 Å². The van der Waals surface area contributed by atoms with E-state index in [4.69, 9.17) is 0 Å². The molecule has 2 bridgehead atoms. The van der Waals surface area contributed by atoms with Crippen LogP contribution >= 0.6 is 0 Å². The van der Waals surface area contributed by atoms with Crippen molar-refractivity contribution in [3.8, 4) is 5.69 Å². The molecule has 2 aromatic rings. The van der Waals surface area contributed by atoms with Crippen LogP contribution in [-0.2, 0) is 6.54 Å². The fraction of sp³-hybridized carbons (Fsp3) is 0.579. The highest BCUT2D eigenvalue weighted by atomic mass is 15.3. The number of fused-ring (bicyclic) bond motifs is 2. The molecule has 3 heterocycles. The molecular formula is C19H27N5. The summed E-state index contributed by atoms with van der Waals surface area (Å²) in [5.74, 6) is 0. The van der Waals surface area contributed by atoms with Crippen LogP contribution in [0, 0.1) is 6.92 Å². The van der Waals surface area contributed by atoms with Crippen molar-refractivity contribution in [2.75, 3.05) is 19.6 Å². The van der Waals surface area contributed by atoms with Crippen molar-refractivity contribution < 1.29 is 0 Å². The van der Waals surface area contributed by atoms with Crippen molar-refractivity contribution in [1.82, 2.24) is 24.6 Å². The molecule has 0 radical (unpaired) electrons. The molecule has 2 aliphatic rings. The molecule has 24 heavy (non-hydrogen) atoms. The van der Waals surface area contributed by atoms with Crippen LogP contribution < -0.4 is 0 Å². The average Bonchev–Trinajstić information content (AvgIpc) is 3.17. The van der Waals surface area contributed by atoms with Crippen LogP contribution in [0.15, 0.2) is 30.9 Å². The Balaban J connectivity index is 1.52. The van der Waals surface area contributed by atoms with Crippen LogP contribution in [0.1, 0.15) is 37.3 Å². The van der Waals surface area contributed by atoms with Crippen LogP contribution in [0.25, 0.3) is 5.69 Å². The minimum atomic E-state index is 0.729. The van der Waals surface area contributed by atoms with E-state index >= 15 is 0 Å². The molecule has 1 aromatic heterocycles. The highest BCUT2D eigenvalue weighted by molar-refractivity contribution is 5.41. The number of nitrogens with zero attached hydrogens (tertiary/aromatic N) is 5. The maximum atomic E-state index is 4.25. The van der Waals surface area contributed by atoms with Crippen LogP contribution in [0.3, 0.4) is 0 Å². The quantitative estimate of drug-likeness (QED) is 0.866. The van der Waals surface area contributed by atoms with Gasteiger partial charge >= 0.3 is 0 Å². The molecule has 2 atom stereocenters. The highest BCUT2D eigenvalue weighted by Crippen LogP contribution is 2.32. The molecule has 0 saturated carbocycles. The van der Waals surface area contributed by atoms with Gasteiger partial charge in [-0.3, -0.25) is 4.90 Å². The number of benzene rings is 1. The van der Waals surface area contributed by atoms with Crippen molar-refractivity contribution in [2.45, 2.75) is 51.7 Å². The number of likely N-dealkylation sites (N-methyl/N-ethyl adjacent to an activating group) is 1. The van der Waals surface area contributed by atoms with Gasteiger partial charge in [-0.25, -0.2) is 9.67 Å². The lowest BCUT2D eigenvalue weighted by Crippen LogP contribution is -2.38. The van der Waals surface area contributed by atoms with Gasteiger partial charge in [-0.2, -0.15) is 5.10 Å². The molecule has 2 aliphatic heterocycles. The normalized spacial score (nSPS) is 25.1. The second-order valence-corrected chi connectivity index (χ2v) is 7.20. The van der Waals surface area contributed by atoms with Gasteiger partial charge in [-0.15, -0.1) is 0 Å². The van der Waals surface area contributed by atoms with Gasteiger partial charge in [0.1, 0.15) is 12.7 Å². The molecule has 5 nitrogen and oxygen atoms in total. The van der Waals surface area contributed by atoms with E-state index in [1.54, 1.807) is 12.7 Å². The van der Waals surface area contributed by atoms with E-state index in [9.17, 15) is 0 Å². The summed E-state index contributed by atoms with van der Waals surface area (Å²) in [7, 11) is 0. The first-order valence-corrected chi connectivity index (χ1v) is 9.17. The first-order chi connectivity index (χ1) is 11.7. The fourth-order valence-corrected chi connectivity index (χ4v) is 4.40. The Hall–Kier alpha value is -1.72. The van der Waals surface area contributed by atoms with Gasteiger partial charge < -0.3 is 4.90 Å². The van der Waals surface area contributed by atoms with E-state index in [0.29, 0.717) is 0 Å². The Morgan fingerprint density at radius 3 is 2.79 bits per heavy atom. The maximum Gasteiger partial charge on any atom is 0.138 e. The van der Waals surface area contributed by atoms with Crippen molar-refractivity contribution in [1.29, 1.82) is 0 Å². The highest BCUT2D eigenvalue weighted by Gasteiger charge is 2.36. The number of likely N-dealkylation sites (tertiary alicyclic amines) is 1. The van der Waals surface area contributed by atoms with E-state index in [2.05, 4.69) is 51.9 Å². The van der Waals surface area contributed by atoms with Gasteiger partial charge in [0.2, 0.25) is 0 Å². The predicted molar refractivity (Wildman–Crippen MR) is 95.2 cm³/mol. The summed E-state index contributed by atoms with van der Waals surface area (Å²) in [6.45, 7) is 9.21. The monoisotopic (exact) mass is 325 g/mol.